The van der Waals surface area contributed by atoms with Gasteiger partial charge in [-0.2, -0.15) is 0 Å². The van der Waals surface area contributed by atoms with Crippen LogP contribution in [0.25, 0.3) is 0 Å². The summed E-state index contributed by atoms with van der Waals surface area (Å²) >= 11 is 0. The monoisotopic (exact) mass is 247 g/mol. The fourth-order valence-corrected chi connectivity index (χ4v) is 2.73. The minimum atomic E-state index is 0.517. The van der Waals surface area contributed by atoms with Crippen molar-refractivity contribution in [3.8, 4) is 5.75 Å². The van der Waals surface area contributed by atoms with Gasteiger partial charge in [-0.25, -0.2) is 0 Å². The predicted octanol–water partition coefficient (Wildman–Crippen LogP) is 3.85. The van der Waals surface area contributed by atoms with E-state index in [4.69, 9.17) is 4.74 Å². The first-order valence-corrected chi connectivity index (χ1v) is 7.34. The molecule has 0 aromatic heterocycles. The molecule has 1 unspecified atom stereocenters. The van der Waals surface area contributed by atoms with E-state index in [1.165, 1.54) is 43.2 Å². The number of fused-ring (bicyclic) bond motifs is 1. The van der Waals surface area contributed by atoms with Crippen LogP contribution in [-0.2, 0) is 6.42 Å². The van der Waals surface area contributed by atoms with E-state index in [-0.39, 0.29) is 0 Å². The van der Waals surface area contributed by atoms with E-state index in [1.54, 1.807) is 0 Å². The van der Waals surface area contributed by atoms with Gasteiger partial charge in [0.15, 0.2) is 0 Å². The van der Waals surface area contributed by atoms with Crippen LogP contribution in [0.3, 0.4) is 0 Å². The van der Waals surface area contributed by atoms with Gasteiger partial charge in [-0.3, -0.25) is 0 Å². The van der Waals surface area contributed by atoms with Crippen molar-refractivity contribution in [1.29, 1.82) is 0 Å². The molecule has 1 N–H and O–H groups in total. The molecular formula is C16H25NO. The number of hydrogen-bond donors (Lipinski definition) is 1. The largest absolute Gasteiger partial charge is 0.494 e. The molecule has 2 rings (SSSR count). The highest BCUT2D eigenvalue weighted by Gasteiger charge is 2.18. The van der Waals surface area contributed by atoms with Crippen LogP contribution in [0.15, 0.2) is 18.2 Å². The lowest BCUT2D eigenvalue weighted by Gasteiger charge is -2.20. The van der Waals surface area contributed by atoms with Crippen molar-refractivity contribution in [2.24, 2.45) is 0 Å². The summed E-state index contributed by atoms with van der Waals surface area (Å²) in [5, 5.41) is 3.68. The Morgan fingerprint density at radius 2 is 2.17 bits per heavy atom. The molecule has 100 valence electrons. The lowest BCUT2D eigenvalue weighted by atomic mass is 9.98. The molecule has 0 saturated carbocycles. The van der Waals surface area contributed by atoms with Crippen molar-refractivity contribution in [2.75, 3.05) is 13.2 Å². The molecule has 1 atom stereocenters. The minimum Gasteiger partial charge on any atom is -0.494 e. The maximum absolute atomic E-state index is 5.64. The van der Waals surface area contributed by atoms with Gasteiger partial charge in [0.1, 0.15) is 5.75 Å². The lowest BCUT2D eigenvalue weighted by molar-refractivity contribution is 0.339. The zero-order valence-corrected chi connectivity index (χ0v) is 11.7. The zero-order valence-electron chi connectivity index (χ0n) is 11.7. The van der Waals surface area contributed by atoms with Crippen LogP contribution in [0, 0.1) is 0 Å². The third-order valence-electron chi connectivity index (χ3n) is 3.63. The highest BCUT2D eigenvalue weighted by Crippen LogP contribution is 2.31. The van der Waals surface area contributed by atoms with Crippen LogP contribution in [0.1, 0.15) is 56.7 Å². The van der Waals surface area contributed by atoms with E-state index < -0.39 is 0 Å². The summed E-state index contributed by atoms with van der Waals surface area (Å²) in [6.45, 7) is 6.11. The fourth-order valence-electron chi connectivity index (χ4n) is 2.73. The number of benzene rings is 1. The van der Waals surface area contributed by atoms with Gasteiger partial charge >= 0.3 is 0 Å². The summed E-state index contributed by atoms with van der Waals surface area (Å²) in [6.07, 6.45) is 6.29. The fraction of sp³-hybridized carbons (Fsp3) is 0.625. The Morgan fingerprint density at radius 1 is 1.28 bits per heavy atom. The molecule has 0 fully saturated rings. The van der Waals surface area contributed by atoms with Gasteiger partial charge in [0, 0.05) is 6.04 Å². The van der Waals surface area contributed by atoms with Crippen molar-refractivity contribution in [3.63, 3.8) is 0 Å². The quantitative estimate of drug-likeness (QED) is 0.798. The highest BCUT2D eigenvalue weighted by atomic mass is 16.5. The van der Waals surface area contributed by atoms with E-state index in [0.29, 0.717) is 6.04 Å². The first kappa shape index (κ1) is 13.4. The summed E-state index contributed by atoms with van der Waals surface area (Å²) in [5.74, 6) is 1.02. The van der Waals surface area contributed by atoms with E-state index in [2.05, 4.69) is 30.4 Å². The molecule has 0 amide bonds. The molecule has 0 radical (unpaired) electrons. The van der Waals surface area contributed by atoms with E-state index >= 15 is 0 Å². The third kappa shape index (κ3) is 3.26. The van der Waals surface area contributed by atoms with Gasteiger partial charge in [-0.1, -0.05) is 19.4 Å². The Hall–Kier alpha value is -1.02. The van der Waals surface area contributed by atoms with Crippen molar-refractivity contribution >= 4 is 0 Å². The Balaban J connectivity index is 2.22. The molecule has 0 saturated heterocycles. The summed E-state index contributed by atoms with van der Waals surface area (Å²) in [7, 11) is 0. The molecule has 1 aromatic rings. The Bertz CT molecular complexity index is 375. The van der Waals surface area contributed by atoms with Crippen molar-refractivity contribution in [2.45, 2.75) is 52.0 Å². The zero-order chi connectivity index (χ0) is 12.8. The Morgan fingerprint density at radius 3 is 2.94 bits per heavy atom. The lowest BCUT2D eigenvalue weighted by Crippen LogP contribution is -2.22. The smallest absolute Gasteiger partial charge is 0.119 e. The molecule has 0 spiro atoms. The standard InChI is InChI=1S/C16H25NO/c1-3-11-17-16-8-6-5-7-13-9-10-14(18-4-2)12-15(13)16/h9-10,12,16-17H,3-8,11H2,1-2H3. The number of aryl methyl sites for hydroxylation is 1. The number of rotatable bonds is 5. The van der Waals surface area contributed by atoms with E-state index in [1.807, 2.05) is 6.92 Å². The maximum atomic E-state index is 5.64. The van der Waals surface area contributed by atoms with Crippen LogP contribution in [0.4, 0.5) is 0 Å². The number of nitrogens with one attached hydrogen (secondary N) is 1. The van der Waals surface area contributed by atoms with Gasteiger partial charge in [-0.15, -0.1) is 0 Å². The molecular weight excluding hydrogens is 222 g/mol. The topological polar surface area (TPSA) is 21.3 Å². The summed E-state index contributed by atoms with van der Waals surface area (Å²) in [5.41, 5.74) is 2.97. The third-order valence-corrected chi connectivity index (χ3v) is 3.63. The second-order valence-electron chi connectivity index (χ2n) is 5.05. The number of ether oxygens (including phenoxy) is 1. The van der Waals surface area contributed by atoms with Gasteiger partial charge in [0.05, 0.1) is 6.61 Å². The first-order valence-electron chi connectivity index (χ1n) is 7.34. The second-order valence-corrected chi connectivity index (χ2v) is 5.05. The Kier molecular flexibility index (Phi) is 5.06. The molecule has 2 heteroatoms. The second kappa shape index (κ2) is 6.79. The minimum absolute atomic E-state index is 0.517. The SMILES string of the molecule is CCCNC1CCCCc2ccc(OCC)cc21. The highest BCUT2D eigenvalue weighted by molar-refractivity contribution is 5.38. The van der Waals surface area contributed by atoms with Crippen LogP contribution < -0.4 is 10.1 Å². The molecule has 1 aromatic carbocycles. The van der Waals surface area contributed by atoms with Crippen LogP contribution >= 0.6 is 0 Å². The first-order chi connectivity index (χ1) is 8.85. The van der Waals surface area contributed by atoms with E-state index in [0.717, 1.165) is 18.9 Å². The summed E-state index contributed by atoms with van der Waals surface area (Å²) in [4.78, 5) is 0. The normalized spacial score (nSPS) is 19.1. The number of hydrogen-bond acceptors (Lipinski definition) is 2. The van der Waals surface area contributed by atoms with Crippen molar-refractivity contribution < 1.29 is 4.74 Å². The molecule has 2 nitrogen and oxygen atoms in total. The van der Waals surface area contributed by atoms with Crippen LogP contribution in [-0.4, -0.2) is 13.2 Å². The van der Waals surface area contributed by atoms with Gasteiger partial charge in [0.2, 0.25) is 0 Å². The molecule has 0 heterocycles. The van der Waals surface area contributed by atoms with Crippen molar-refractivity contribution in [1.82, 2.24) is 5.32 Å². The molecule has 18 heavy (non-hydrogen) atoms. The average molecular weight is 247 g/mol. The van der Waals surface area contributed by atoms with Gasteiger partial charge in [0.25, 0.3) is 0 Å². The van der Waals surface area contributed by atoms with E-state index in [9.17, 15) is 0 Å². The molecule has 1 aliphatic rings. The Labute approximate surface area is 111 Å². The van der Waals surface area contributed by atoms with Crippen molar-refractivity contribution in [3.05, 3.63) is 29.3 Å². The van der Waals surface area contributed by atoms with Crippen LogP contribution in [0.5, 0.6) is 5.75 Å². The average Bonchev–Trinajstić information content (AvgIpc) is 2.59. The van der Waals surface area contributed by atoms with Gasteiger partial charge < -0.3 is 10.1 Å². The molecule has 1 aliphatic carbocycles. The molecule has 0 bridgehead atoms. The predicted molar refractivity (Wildman–Crippen MR) is 76.2 cm³/mol. The summed E-state index contributed by atoms with van der Waals surface area (Å²) in [6, 6.07) is 7.14. The maximum Gasteiger partial charge on any atom is 0.119 e. The van der Waals surface area contributed by atoms with Crippen LogP contribution in [0.2, 0.25) is 0 Å². The summed E-state index contributed by atoms with van der Waals surface area (Å²) < 4.78 is 5.64. The van der Waals surface area contributed by atoms with Gasteiger partial charge in [-0.05, 0) is 62.4 Å². The molecule has 0 aliphatic heterocycles.